The van der Waals surface area contributed by atoms with Crippen molar-refractivity contribution in [3.05, 3.63) is 0 Å². The van der Waals surface area contributed by atoms with Crippen molar-refractivity contribution < 1.29 is 0 Å². The number of rotatable bonds is 18. The molecule has 0 bridgehead atoms. The second-order valence-electron chi connectivity index (χ2n) is 30.7. The molecule has 384 valence electrons. The maximum atomic E-state index is 5.50. The van der Waals surface area contributed by atoms with E-state index in [2.05, 4.69) is 262 Å². The van der Waals surface area contributed by atoms with Crippen molar-refractivity contribution in [3.63, 3.8) is 0 Å². The van der Waals surface area contributed by atoms with Crippen LogP contribution >= 0.6 is 0 Å². The van der Waals surface area contributed by atoms with Crippen molar-refractivity contribution >= 4 is 132 Å². The van der Waals surface area contributed by atoms with Crippen LogP contribution in [0.3, 0.4) is 0 Å². The van der Waals surface area contributed by atoms with Gasteiger partial charge in [0.15, 0.2) is 44.6 Å². The largest absolute Gasteiger partial charge is 0.328 e. The van der Waals surface area contributed by atoms with Crippen molar-refractivity contribution in [2.45, 2.75) is 236 Å². The van der Waals surface area contributed by atoms with Crippen molar-refractivity contribution in [1.29, 1.82) is 0 Å². The van der Waals surface area contributed by atoms with Crippen LogP contribution in [0.4, 0.5) is 23.0 Å². The molecule has 0 amide bonds. The van der Waals surface area contributed by atoms with Gasteiger partial charge in [-0.05, 0) is 78.6 Å². The van der Waals surface area contributed by atoms with Gasteiger partial charge in [0, 0.05) is 10.6 Å². The third-order valence-corrected chi connectivity index (χ3v) is 36.8. The highest BCUT2D eigenvalue weighted by Gasteiger charge is 2.49. The fraction of sp³-hybridized carbons (Fsp3) is 0.857. The third-order valence-electron chi connectivity index (χ3n) is 9.89. The summed E-state index contributed by atoms with van der Waals surface area (Å²) in [5.74, 6) is 2.17. The van der Waals surface area contributed by atoms with Gasteiger partial charge in [0.1, 0.15) is 60.5 Å². The Labute approximate surface area is 421 Å². The Morgan fingerprint density at radius 3 is 0.667 bits per heavy atom. The highest BCUT2D eigenvalue weighted by molar-refractivity contribution is 6.95. The van der Waals surface area contributed by atoms with Gasteiger partial charge in [0.25, 0.3) is 0 Å². The van der Waals surface area contributed by atoms with Crippen molar-refractivity contribution in [3.8, 4) is 0 Å². The molecule has 0 spiro atoms. The molecule has 2 aromatic rings. The van der Waals surface area contributed by atoms with Crippen LogP contribution in [0.2, 0.25) is 236 Å². The lowest BCUT2D eigenvalue weighted by molar-refractivity contribution is 0.635. The van der Waals surface area contributed by atoms with Crippen molar-refractivity contribution in [2.75, 3.05) is 9.35 Å². The smallest absolute Gasteiger partial charge is 0.200 e. The lowest BCUT2D eigenvalue weighted by atomic mass is 10.5. The van der Waals surface area contributed by atoms with Crippen LogP contribution in [0.15, 0.2) is 19.8 Å². The van der Waals surface area contributed by atoms with Crippen LogP contribution in [-0.4, -0.2) is 126 Å². The van der Waals surface area contributed by atoms with Gasteiger partial charge in [-0.3, -0.25) is 17.4 Å². The highest BCUT2D eigenvalue weighted by Crippen LogP contribution is 2.40. The molecule has 0 saturated heterocycles. The van der Waals surface area contributed by atoms with Crippen LogP contribution < -0.4 is 20.0 Å². The van der Waals surface area contributed by atoms with Gasteiger partial charge in [-0.1, -0.05) is 157 Å². The summed E-state index contributed by atoms with van der Waals surface area (Å²) < 4.78 is 25.8. The molecule has 0 aliphatic carbocycles. The summed E-state index contributed by atoms with van der Waals surface area (Å²) in [5.41, 5.74) is 2.14. The summed E-state index contributed by atoms with van der Waals surface area (Å²) in [6.45, 7) is 87.2. The fourth-order valence-electron chi connectivity index (χ4n) is 8.62. The van der Waals surface area contributed by atoms with Crippen molar-refractivity contribution in [1.82, 2.24) is 27.6 Å². The molecule has 0 aliphatic heterocycles. The minimum absolute atomic E-state index is 1.07. The zero-order valence-electron chi connectivity index (χ0n) is 50.4. The number of anilines is 2. The predicted molar refractivity (Wildman–Crippen MR) is 332 cm³/mol. The van der Waals surface area contributed by atoms with Crippen LogP contribution in [-0.2, 0) is 0 Å². The predicted octanol–water partition coefficient (Wildman–Crippen LogP) is 15.1. The van der Waals surface area contributed by atoms with E-state index in [9.17, 15) is 0 Å². The van der Waals surface area contributed by atoms with Gasteiger partial charge in [0.2, 0.25) is 16.5 Å². The van der Waals surface area contributed by atoms with Gasteiger partial charge in [-0.25, -0.2) is 9.56 Å². The summed E-state index contributed by atoms with van der Waals surface area (Å²) in [6.07, 6.45) is 0. The summed E-state index contributed by atoms with van der Waals surface area (Å²) in [5, 5.41) is 24.0. The molecular formula is C42H108N12Si12. The number of aromatic nitrogens is 4. The monoisotopic (exact) mass is 1120 g/mol. The zero-order valence-corrected chi connectivity index (χ0v) is 62.4. The normalized spacial score (nSPS) is 15.1. The van der Waals surface area contributed by atoms with Gasteiger partial charge in [-0.2, -0.15) is 20.4 Å². The average Bonchev–Trinajstić information content (AvgIpc) is 3.56. The maximum absolute atomic E-state index is 5.50. The molecule has 0 N–H and O–H groups in total. The number of nitrogens with zero attached hydrogens (tertiary/aromatic N) is 12. The van der Waals surface area contributed by atoms with E-state index in [0.717, 1.165) is 23.0 Å². The molecule has 2 aromatic heterocycles. The fourth-order valence-corrected chi connectivity index (χ4v) is 47.8. The number of hydrogen-bond acceptors (Lipinski definition) is 10. The molecule has 24 heteroatoms. The first-order valence-corrected chi connectivity index (χ1v) is 66.2. The minimum Gasteiger partial charge on any atom is -0.328 e. The van der Waals surface area contributed by atoms with Crippen LogP contribution in [0.25, 0.3) is 0 Å². The number of hydrogen-bond donors (Lipinski definition) is 0. The third kappa shape index (κ3) is 17.5. The molecule has 66 heavy (non-hydrogen) atoms. The van der Waals surface area contributed by atoms with Crippen LogP contribution in [0.5, 0.6) is 0 Å². The Balaban J connectivity index is 0.000000660. The molecular weight excluding hydrogens is 1010 g/mol. The Morgan fingerprint density at radius 1 is 0.318 bits per heavy atom. The summed E-state index contributed by atoms with van der Waals surface area (Å²) in [7, 11) is -20.9. The molecule has 12 nitrogen and oxygen atoms in total. The topological polar surface area (TPSA) is 98.0 Å². The first-order chi connectivity index (χ1) is 28.4. The van der Waals surface area contributed by atoms with E-state index in [-0.39, 0.29) is 0 Å². The Kier molecular flexibility index (Phi) is 19.6. The summed E-state index contributed by atoms with van der Waals surface area (Å²) >= 11 is 0. The van der Waals surface area contributed by atoms with Crippen LogP contribution in [0, 0.1) is 0 Å². The van der Waals surface area contributed by atoms with Gasteiger partial charge in [0.05, 0.1) is 0 Å². The molecule has 0 radical (unpaired) electrons. The molecule has 0 fully saturated rings. The molecule has 2 heterocycles. The Hall–Kier alpha value is -0.257. The second kappa shape index (κ2) is 20.3. The van der Waals surface area contributed by atoms with E-state index in [1.54, 1.807) is 0 Å². The van der Waals surface area contributed by atoms with E-state index < -0.39 is 98.5 Å². The van der Waals surface area contributed by atoms with E-state index in [1.165, 1.54) is 10.6 Å². The highest BCUT2D eigenvalue weighted by atomic mass is 28.4. The molecule has 0 saturated carbocycles. The molecule has 0 aromatic carbocycles. The van der Waals surface area contributed by atoms with Crippen LogP contribution in [0.1, 0.15) is 0 Å². The van der Waals surface area contributed by atoms with Gasteiger partial charge >= 0.3 is 0 Å². The SMILES string of the molecule is C[Si](C)(C)N=Nc1c(N(N([Si](C)(C)C)[Si](C)(C)C)[Si](C)(C)C)nn([Si](C)(C)C)c1[Si](C)(C)C.C[Si](C)(C)N=Nc1c(N(N([Si](C)(C)C)[Si](C)(C)C)[Si](C)(C)C)nn([Si](C)(C)C)c1[Si](C)(C)C. The molecule has 0 unspecified atom stereocenters. The summed E-state index contributed by atoms with van der Waals surface area (Å²) in [6, 6.07) is 0. The van der Waals surface area contributed by atoms with E-state index in [4.69, 9.17) is 30.0 Å². The zero-order chi connectivity index (χ0) is 53.2. The van der Waals surface area contributed by atoms with E-state index >= 15 is 0 Å². The Bertz CT molecular complexity index is 1830. The molecule has 0 atom stereocenters. The maximum Gasteiger partial charge on any atom is 0.200 e. The minimum atomic E-state index is -1.85. The lowest BCUT2D eigenvalue weighted by Gasteiger charge is -2.55. The standard InChI is InChI=1S/2C21H54N6Si6/c2*1-28(2,3)21-19(22-24-29(4,5)6)20(23-25(21)30(7,8)9)26(31(10,11)12)27(32(13,14)15)33(16,17)18/h2*1-18H3. The van der Waals surface area contributed by atoms with E-state index in [0.29, 0.717) is 0 Å². The molecule has 0 aliphatic rings. The van der Waals surface area contributed by atoms with E-state index in [1.807, 2.05) is 0 Å². The quantitative estimate of drug-likeness (QED) is 0.0838. The average molecular weight is 1120 g/mol. The lowest BCUT2D eigenvalue weighted by Crippen LogP contribution is -2.72. The van der Waals surface area contributed by atoms with Crippen molar-refractivity contribution in [2.24, 2.45) is 19.8 Å². The first-order valence-electron chi connectivity index (χ1n) is 24.7. The number of hydrazine groups is 2. The second-order valence-corrected chi connectivity index (χ2v) is 88.8. The van der Waals surface area contributed by atoms with Gasteiger partial charge < -0.3 is 9.35 Å². The summed E-state index contributed by atoms with van der Waals surface area (Å²) in [4.78, 5) is 0. The molecule has 2 rings (SSSR count). The first kappa shape index (κ1) is 63.8. The Morgan fingerprint density at radius 2 is 0.530 bits per heavy atom. The van der Waals surface area contributed by atoms with Gasteiger partial charge in [-0.15, -0.1) is 0 Å².